The Kier molecular flexibility index (Phi) is 3.17. The van der Waals surface area contributed by atoms with Crippen LogP contribution in [0.2, 0.25) is 0 Å². The summed E-state index contributed by atoms with van der Waals surface area (Å²) in [7, 11) is -2.82. The Bertz CT molecular complexity index is 573. The fraction of sp³-hybridized carbons (Fsp3) is 0.500. The average Bonchev–Trinajstić information content (AvgIpc) is 2.68. The molecule has 1 aromatic carbocycles. The minimum Gasteiger partial charge on any atom is -0.382 e. The minimum absolute atomic E-state index is 0.149. The largest absolute Gasteiger partial charge is 0.382 e. The van der Waals surface area contributed by atoms with E-state index in [1.807, 2.05) is 0 Å². The second kappa shape index (κ2) is 4.56. The van der Waals surface area contributed by atoms with Gasteiger partial charge in [0.2, 0.25) is 0 Å². The standard InChI is InChI=1S/C12H15IN2O2S/c13-9-1-2-12-11(7-9)14-4-5-15(12)10-3-6-18(16,17)8-10/h1-2,7,10,14H,3-6,8H2. The normalized spacial score (nSPS) is 25.6. The van der Waals surface area contributed by atoms with Crippen molar-refractivity contribution >= 4 is 43.8 Å². The number of hydrogen-bond donors (Lipinski definition) is 1. The molecule has 1 saturated heterocycles. The molecule has 0 radical (unpaired) electrons. The highest BCUT2D eigenvalue weighted by molar-refractivity contribution is 14.1. The van der Waals surface area contributed by atoms with Gasteiger partial charge in [0.05, 0.1) is 22.9 Å². The van der Waals surface area contributed by atoms with Crippen molar-refractivity contribution in [3.8, 4) is 0 Å². The van der Waals surface area contributed by atoms with Crippen LogP contribution in [0.5, 0.6) is 0 Å². The predicted molar refractivity (Wildman–Crippen MR) is 82.1 cm³/mol. The fourth-order valence-corrected chi connectivity index (χ4v) is 4.95. The van der Waals surface area contributed by atoms with Gasteiger partial charge in [0.1, 0.15) is 0 Å². The van der Waals surface area contributed by atoms with Crippen molar-refractivity contribution < 1.29 is 8.42 Å². The number of halogens is 1. The summed E-state index contributed by atoms with van der Waals surface area (Å²) in [6.07, 6.45) is 0.758. The first-order valence-electron chi connectivity index (χ1n) is 6.06. The van der Waals surface area contributed by atoms with Crippen LogP contribution >= 0.6 is 22.6 Å². The van der Waals surface area contributed by atoms with Gasteiger partial charge in [-0.15, -0.1) is 0 Å². The first kappa shape index (κ1) is 12.5. The van der Waals surface area contributed by atoms with E-state index in [0.29, 0.717) is 11.5 Å². The summed E-state index contributed by atoms with van der Waals surface area (Å²) in [4.78, 5) is 2.26. The van der Waals surface area contributed by atoms with Gasteiger partial charge in [0.15, 0.2) is 9.84 Å². The van der Waals surface area contributed by atoms with Crippen LogP contribution in [0.3, 0.4) is 0 Å². The van der Waals surface area contributed by atoms with E-state index in [1.165, 1.54) is 3.57 Å². The van der Waals surface area contributed by atoms with Crippen LogP contribution in [0.25, 0.3) is 0 Å². The van der Waals surface area contributed by atoms with Crippen molar-refractivity contribution in [2.75, 3.05) is 34.8 Å². The van der Waals surface area contributed by atoms with Crippen LogP contribution < -0.4 is 10.2 Å². The van der Waals surface area contributed by atoms with Gasteiger partial charge in [-0.1, -0.05) is 0 Å². The smallest absolute Gasteiger partial charge is 0.152 e. The molecular weight excluding hydrogens is 363 g/mol. The molecule has 1 atom stereocenters. The Morgan fingerprint density at radius 3 is 2.94 bits per heavy atom. The monoisotopic (exact) mass is 378 g/mol. The van der Waals surface area contributed by atoms with Crippen LogP contribution in [-0.4, -0.2) is 39.1 Å². The molecule has 2 aliphatic heterocycles. The first-order valence-corrected chi connectivity index (χ1v) is 8.96. The van der Waals surface area contributed by atoms with Gasteiger partial charge in [-0.25, -0.2) is 8.42 Å². The predicted octanol–water partition coefficient (Wildman–Crippen LogP) is 1.71. The summed E-state index contributed by atoms with van der Waals surface area (Å²) >= 11 is 2.29. The maximum Gasteiger partial charge on any atom is 0.152 e. The lowest BCUT2D eigenvalue weighted by atomic mass is 10.1. The number of nitrogens with zero attached hydrogens (tertiary/aromatic N) is 1. The summed E-state index contributed by atoms with van der Waals surface area (Å²) in [5.41, 5.74) is 2.27. The highest BCUT2D eigenvalue weighted by Crippen LogP contribution is 2.34. The Balaban J connectivity index is 1.92. The van der Waals surface area contributed by atoms with Crippen molar-refractivity contribution in [3.05, 3.63) is 21.8 Å². The number of anilines is 2. The van der Waals surface area contributed by atoms with E-state index >= 15 is 0 Å². The molecule has 0 spiro atoms. The molecule has 0 amide bonds. The van der Waals surface area contributed by atoms with Crippen molar-refractivity contribution in [3.63, 3.8) is 0 Å². The Morgan fingerprint density at radius 1 is 1.39 bits per heavy atom. The SMILES string of the molecule is O=S1(=O)CCC(N2CCNc3cc(I)ccc32)C1. The van der Waals surface area contributed by atoms with E-state index in [-0.39, 0.29) is 6.04 Å². The molecule has 3 rings (SSSR count). The van der Waals surface area contributed by atoms with Crippen molar-refractivity contribution in [1.82, 2.24) is 0 Å². The number of nitrogens with one attached hydrogen (secondary N) is 1. The quantitative estimate of drug-likeness (QED) is 0.757. The highest BCUT2D eigenvalue weighted by Gasteiger charge is 2.34. The molecule has 0 bridgehead atoms. The van der Waals surface area contributed by atoms with Crippen LogP contribution in [0.15, 0.2) is 18.2 Å². The van der Waals surface area contributed by atoms with Crippen molar-refractivity contribution in [2.24, 2.45) is 0 Å². The third-order valence-electron chi connectivity index (χ3n) is 3.59. The van der Waals surface area contributed by atoms with Gasteiger partial charge in [-0.3, -0.25) is 0 Å². The number of sulfone groups is 1. The van der Waals surface area contributed by atoms with Crippen LogP contribution in [-0.2, 0) is 9.84 Å². The molecule has 1 unspecified atom stereocenters. The van der Waals surface area contributed by atoms with E-state index in [1.54, 1.807) is 0 Å². The van der Waals surface area contributed by atoms with Gasteiger partial charge in [-0.2, -0.15) is 0 Å². The zero-order valence-electron chi connectivity index (χ0n) is 9.89. The van der Waals surface area contributed by atoms with E-state index in [4.69, 9.17) is 0 Å². The maximum absolute atomic E-state index is 11.6. The first-order chi connectivity index (χ1) is 8.55. The molecule has 1 fully saturated rings. The molecular formula is C12H15IN2O2S. The zero-order valence-corrected chi connectivity index (χ0v) is 12.9. The van der Waals surface area contributed by atoms with Crippen molar-refractivity contribution in [1.29, 1.82) is 0 Å². The third kappa shape index (κ3) is 2.32. The second-order valence-electron chi connectivity index (χ2n) is 4.84. The van der Waals surface area contributed by atoms with Gasteiger partial charge in [-0.05, 0) is 47.2 Å². The summed E-state index contributed by atoms with van der Waals surface area (Å²) in [5, 5.41) is 3.38. The zero-order chi connectivity index (χ0) is 12.8. The maximum atomic E-state index is 11.6. The van der Waals surface area contributed by atoms with Crippen LogP contribution in [0.4, 0.5) is 11.4 Å². The Labute approximate surface area is 121 Å². The summed E-state index contributed by atoms with van der Waals surface area (Å²) in [5.74, 6) is 0.639. The third-order valence-corrected chi connectivity index (χ3v) is 6.01. The van der Waals surface area contributed by atoms with Crippen LogP contribution in [0.1, 0.15) is 6.42 Å². The second-order valence-corrected chi connectivity index (χ2v) is 8.31. The molecule has 1 aromatic rings. The molecule has 1 N–H and O–H groups in total. The lowest BCUT2D eigenvalue weighted by molar-refractivity contribution is 0.599. The summed E-state index contributed by atoms with van der Waals surface area (Å²) in [6, 6.07) is 6.43. The molecule has 18 heavy (non-hydrogen) atoms. The van der Waals surface area contributed by atoms with Gasteiger partial charge < -0.3 is 10.2 Å². The molecule has 0 aliphatic carbocycles. The topological polar surface area (TPSA) is 49.4 Å². The van der Waals surface area contributed by atoms with E-state index < -0.39 is 9.84 Å². The number of fused-ring (bicyclic) bond motifs is 1. The van der Waals surface area contributed by atoms with E-state index in [9.17, 15) is 8.42 Å². The van der Waals surface area contributed by atoms with Crippen molar-refractivity contribution in [2.45, 2.75) is 12.5 Å². The lowest BCUT2D eigenvalue weighted by Gasteiger charge is -2.36. The summed E-state index contributed by atoms with van der Waals surface area (Å²) in [6.45, 7) is 1.76. The van der Waals surface area contributed by atoms with E-state index in [2.05, 4.69) is 51.0 Å². The molecule has 6 heteroatoms. The minimum atomic E-state index is -2.82. The molecule has 4 nitrogen and oxygen atoms in total. The highest BCUT2D eigenvalue weighted by atomic mass is 127. The number of benzene rings is 1. The molecule has 2 heterocycles. The lowest BCUT2D eigenvalue weighted by Crippen LogP contribution is -2.42. The molecule has 2 aliphatic rings. The Morgan fingerprint density at radius 2 is 2.22 bits per heavy atom. The Hall–Kier alpha value is -0.500. The van der Waals surface area contributed by atoms with Gasteiger partial charge >= 0.3 is 0 Å². The summed E-state index contributed by atoms with van der Waals surface area (Å²) < 4.78 is 24.4. The average molecular weight is 378 g/mol. The fourth-order valence-electron chi connectivity index (χ4n) is 2.73. The van der Waals surface area contributed by atoms with Gasteiger partial charge in [0.25, 0.3) is 0 Å². The molecule has 0 aromatic heterocycles. The van der Waals surface area contributed by atoms with E-state index in [0.717, 1.165) is 30.9 Å². The molecule has 98 valence electrons. The molecule has 0 saturated carbocycles. The number of hydrogen-bond acceptors (Lipinski definition) is 4. The number of rotatable bonds is 1. The van der Waals surface area contributed by atoms with Crippen LogP contribution in [0, 0.1) is 3.57 Å². The van der Waals surface area contributed by atoms with Gasteiger partial charge in [0, 0.05) is 22.7 Å².